The van der Waals surface area contributed by atoms with Crippen LogP contribution in [0.1, 0.15) is 7.43 Å². The second kappa shape index (κ2) is 5.07. The Labute approximate surface area is 40.2 Å². The standard InChI is InChI=1S/CH5NO2S.CH4/c1-2-5(3)4;/h2H,1H3,(H,3,4);1H4/p-1. The van der Waals surface area contributed by atoms with Crippen molar-refractivity contribution in [2.24, 2.45) is 0 Å². The van der Waals surface area contributed by atoms with Crippen molar-refractivity contribution in [2.45, 2.75) is 7.43 Å². The molecule has 0 radical (unpaired) electrons. The third kappa shape index (κ3) is 8.95. The maximum atomic E-state index is 9.26. The fraction of sp³-hybridized carbons (Fsp3) is 1.00. The molecule has 0 bridgehead atoms. The van der Waals surface area contributed by atoms with Crippen LogP contribution in [0.3, 0.4) is 0 Å². The molecule has 4 heteroatoms. The summed E-state index contributed by atoms with van der Waals surface area (Å²) in [7, 11) is 1.34. The smallest absolute Gasteiger partial charge is 0.0178 e. The molecule has 0 spiro atoms. The minimum Gasteiger partial charge on any atom is -0.760 e. The molecule has 0 aromatic heterocycles. The monoisotopic (exact) mass is 110 g/mol. The summed E-state index contributed by atoms with van der Waals surface area (Å²) >= 11 is -2.07. The first-order valence-electron chi connectivity index (χ1n) is 1.04. The topological polar surface area (TPSA) is 52.2 Å². The summed E-state index contributed by atoms with van der Waals surface area (Å²) in [4.78, 5) is 0. The normalized spacial score (nSPS) is 12.3. The van der Waals surface area contributed by atoms with E-state index in [4.69, 9.17) is 0 Å². The van der Waals surface area contributed by atoms with Crippen molar-refractivity contribution < 1.29 is 8.76 Å². The highest BCUT2D eigenvalue weighted by molar-refractivity contribution is 7.77. The van der Waals surface area contributed by atoms with Crippen LogP contribution in [0.2, 0.25) is 0 Å². The van der Waals surface area contributed by atoms with Gasteiger partial charge < -0.3 is 4.55 Å². The molecule has 1 atom stereocenters. The zero-order chi connectivity index (χ0) is 4.28. The highest BCUT2D eigenvalue weighted by atomic mass is 32.2. The SMILES string of the molecule is C.CNS(=O)[O-]. The van der Waals surface area contributed by atoms with Gasteiger partial charge in [-0.15, -0.1) is 0 Å². The molecule has 0 fully saturated rings. The summed E-state index contributed by atoms with van der Waals surface area (Å²) in [5.41, 5.74) is 0. The summed E-state index contributed by atoms with van der Waals surface area (Å²) in [5.74, 6) is 0. The molecule has 0 rings (SSSR count). The Balaban J connectivity index is 0. The van der Waals surface area contributed by atoms with Crippen LogP contribution in [-0.4, -0.2) is 15.8 Å². The Morgan fingerprint density at radius 1 is 1.83 bits per heavy atom. The van der Waals surface area contributed by atoms with Crippen molar-refractivity contribution in [3.63, 3.8) is 0 Å². The van der Waals surface area contributed by atoms with Gasteiger partial charge in [0, 0.05) is 11.3 Å². The molecule has 1 N–H and O–H groups in total. The number of rotatable bonds is 1. The largest absolute Gasteiger partial charge is 0.760 e. The average molecular weight is 110 g/mol. The lowest BCUT2D eigenvalue weighted by atomic mass is 11.6. The van der Waals surface area contributed by atoms with Crippen molar-refractivity contribution in [2.75, 3.05) is 7.05 Å². The second-order valence-electron chi connectivity index (χ2n) is 0.439. The van der Waals surface area contributed by atoms with E-state index in [1.54, 1.807) is 0 Å². The van der Waals surface area contributed by atoms with Gasteiger partial charge in [0.25, 0.3) is 0 Å². The molecule has 0 saturated carbocycles. The number of nitrogens with one attached hydrogen (secondary N) is 1. The zero-order valence-electron chi connectivity index (χ0n) is 2.72. The Hall–Kier alpha value is 0.0700. The molecule has 0 amide bonds. The molecule has 0 aliphatic heterocycles. The molecular formula is C2H8NO2S-. The Kier molecular flexibility index (Phi) is 7.96. The molecule has 1 unspecified atom stereocenters. The van der Waals surface area contributed by atoms with Crippen molar-refractivity contribution in [3.05, 3.63) is 0 Å². The average Bonchev–Trinajstić information content (AvgIpc) is 1.38. The molecule has 6 heavy (non-hydrogen) atoms. The number of hydrogen-bond donors (Lipinski definition) is 1. The van der Waals surface area contributed by atoms with Gasteiger partial charge in [-0.2, -0.15) is 0 Å². The van der Waals surface area contributed by atoms with Gasteiger partial charge >= 0.3 is 0 Å². The van der Waals surface area contributed by atoms with Crippen molar-refractivity contribution in [1.29, 1.82) is 0 Å². The van der Waals surface area contributed by atoms with E-state index in [9.17, 15) is 8.76 Å². The van der Waals surface area contributed by atoms with E-state index in [-0.39, 0.29) is 7.43 Å². The minimum atomic E-state index is -2.07. The molecule has 3 nitrogen and oxygen atoms in total. The van der Waals surface area contributed by atoms with Gasteiger partial charge in [-0.05, 0) is 7.05 Å². The summed E-state index contributed by atoms with van der Waals surface area (Å²) in [6.45, 7) is 0. The third-order valence-corrected chi connectivity index (χ3v) is 0.500. The van der Waals surface area contributed by atoms with Gasteiger partial charge in [0.15, 0.2) is 0 Å². The van der Waals surface area contributed by atoms with Crippen LogP contribution in [0.15, 0.2) is 0 Å². The van der Waals surface area contributed by atoms with Gasteiger partial charge in [0.1, 0.15) is 0 Å². The van der Waals surface area contributed by atoms with Crippen LogP contribution >= 0.6 is 0 Å². The van der Waals surface area contributed by atoms with E-state index >= 15 is 0 Å². The van der Waals surface area contributed by atoms with E-state index in [1.165, 1.54) is 7.05 Å². The maximum absolute atomic E-state index is 9.26. The lowest BCUT2D eigenvalue weighted by Crippen LogP contribution is -2.07. The lowest BCUT2D eigenvalue weighted by Gasteiger charge is -1.95. The molecule has 40 valence electrons. The fourth-order valence-corrected chi connectivity index (χ4v) is 0. The summed E-state index contributed by atoms with van der Waals surface area (Å²) in [5, 5.41) is 0. The van der Waals surface area contributed by atoms with Crippen LogP contribution in [0, 0.1) is 0 Å². The van der Waals surface area contributed by atoms with Crippen molar-refractivity contribution >= 4 is 11.3 Å². The third-order valence-electron chi connectivity index (χ3n) is 0.167. The fourth-order valence-electron chi connectivity index (χ4n) is 0. The molecule has 0 heterocycles. The summed E-state index contributed by atoms with van der Waals surface area (Å²) in [6, 6.07) is 0. The van der Waals surface area contributed by atoms with Crippen molar-refractivity contribution in [3.8, 4) is 0 Å². The van der Waals surface area contributed by atoms with Crippen LogP contribution in [0.25, 0.3) is 0 Å². The van der Waals surface area contributed by atoms with Crippen LogP contribution in [0.5, 0.6) is 0 Å². The van der Waals surface area contributed by atoms with Crippen LogP contribution < -0.4 is 4.72 Å². The van der Waals surface area contributed by atoms with Gasteiger partial charge in [-0.25, -0.2) is 0 Å². The lowest BCUT2D eigenvalue weighted by molar-refractivity contribution is 0.529. The number of hydrogen-bond acceptors (Lipinski definition) is 2. The maximum Gasteiger partial charge on any atom is 0.0178 e. The quantitative estimate of drug-likeness (QED) is 0.468. The zero-order valence-corrected chi connectivity index (χ0v) is 3.54. The van der Waals surface area contributed by atoms with Crippen LogP contribution in [-0.2, 0) is 11.3 Å². The second-order valence-corrected chi connectivity index (χ2v) is 1.32. The summed E-state index contributed by atoms with van der Waals surface area (Å²) < 4.78 is 20.5. The predicted molar refractivity (Wildman–Crippen MR) is 24.7 cm³/mol. The molecular weight excluding hydrogens is 102 g/mol. The summed E-state index contributed by atoms with van der Waals surface area (Å²) in [6.07, 6.45) is 0. The van der Waals surface area contributed by atoms with E-state index in [0.717, 1.165) is 0 Å². The molecule has 0 aromatic carbocycles. The molecule has 0 saturated heterocycles. The Morgan fingerprint density at radius 3 is 2.00 bits per heavy atom. The molecule has 0 aromatic rings. The van der Waals surface area contributed by atoms with Gasteiger partial charge in [-0.1, -0.05) is 7.43 Å². The first kappa shape index (κ1) is 9.42. The Bertz CT molecular complexity index is 46.8. The van der Waals surface area contributed by atoms with E-state index in [2.05, 4.69) is 0 Å². The van der Waals surface area contributed by atoms with Crippen molar-refractivity contribution in [1.82, 2.24) is 4.72 Å². The van der Waals surface area contributed by atoms with E-state index in [1.807, 2.05) is 4.72 Å². The van der Waals surface area contributed by atoms with Crippen LogP contribution in [0.4, 0.5) is 0 Å². The minimum absolute atomic E-state index is 0. The van der Waals surface area contributed by atoms with E-state index in [0.29, 0.717) is 0 Å². The van der Waals surface area contributed by atoms with Gasteiger partial charge in [0.2, 0.25) is 0 Å². The molecule has 0 aliphatic carbocycles. The van der Waals surface area contributed by atoms with E-state index < -0.39 is 11.3 Å². The van der Waals surface area contributed by atoms with Gasteiger partial charge in [-0.3, -0.25) is 8.93 Å². The highest BCUT2D eigenvalue weighted by Crippen LogP contribution is 1.47. The predicted octanol–water partition coefficient (Wildman–Crippen LogP) is -0.364. The van der Waals surface area contributed by atoms with Gasteiger partial charge in [0.05, 0.1) is 0 Å². The Morgan fingerprint density at radius 2 is 2.00 bits per heavy atom. The molecule has 0 aliphatic rings. The first-order valence-corrected chi connectivity index (χ1v) is 2.11. The first-order chi connectivity index (χ1) is 2.27. The highest BCUT2D eigenvalue weighted by Gasteiger charge is 1.57.